The number of hydrogen-bond donors (Lipinski definition) is 4. The molecule has 0 bridgehead atoms. The van der Waals surface area contributed by atoms with Crippen LogP contribution in [0.2, 0.25) is 0 Å². The lowest BCUT2D eigenvalue weighted by atomic mass is 10.2. The number of benzene rings is 1. The van der Waals surface area contributed by atoms with Crippen LogP contribution in [-0.4, -0.2) is 33.6 Å². The fourth-order valence-electron chi connectivity index (χ4n) is 1.33. The van der Waals surface area contributed by atoms with E-state index in [1.165, 1.54) is 0 Å². The van der Waals surface area contributed by atoms with Crippen LogP contribution in [0.5, 0.6) is 0 Å². The topological polar surface area (TPSA) is 104 Å². The highest BCUT2D eigenvalue weighted by atomic mass is 16.3. The van der Waals surface area contributed by atoms with Crippen LogP contribution >= 0.6 is 0 Å². The molecular weight excluding hydrogens is 208 g/mol. The lowest BCUT2D eigenvalue weighted by Gasteiger charge is -2.09. The molecule has 0 fully saturated rings. The number of aromatic nitrogens is 2. The first-order valence-corrected chi connectivity index (χ1v) is 4.81. The molecule has 0 radical (unpaired) electrons. The number of anilines is 1. The minimum atomic E-state index is -0.905. The van der Waals surface area contributed by atoms with Gasteiger partial charge in [0.15, 0.2) is 0 Å². The lowest BCUT2D eigenvalue weighted by Crippen LogP contribution is -2.38. The van der Waals surface area contributed by atoms with Gasteiger partial charge in [-0.3, -0.25) is 4.79 Å². The van der Waals surface area contributed by atoms with Crippen molar-refractivity contribution in [3.8, 4) is 0 Å². The van der Waals surface area contributed by atoms with E-state index in [4.69, 9.17) is 10.8 Å². The first kappa shape index (κ1) is 10.6. The highest BCUT2D eigenvalue weighted by Gasteiger charge is 2.12. The van der Waals surface area contributed by atoms with Gasteiger partial charge in [-0.25, -0.2) is 4.98 Å². The van der Waals surface area contributed by atoms with Crippen molar-refractivity contribution in [3.63, 3.8) is 0 Å². The van der Waals surface area contributed by atoms with Crippen molar-refractivity contribution < 1.29 is 9.90 Å². The number of carbonyl (C=O) groups excluding carboxylic acids is 1. The summed E-state index contributed by atoms with van der Waals surface area (Å²) in [5.74, 6) is -0.415. The average molecular weight is 220 g/mol. The SMILES string of the molecule is NC(CO)C(=O)Nc1ccc2nc[nH]c2c1. The Morgan fingerprint density at radius 1 is 1.62 bits per heavy atom. The Morgan fingerprint density at radius 2 is 2.44 bits per heavy atom. The summed E-state index contributed by atoms with van der Waals surface area (Å²) in [6.45, 7) is -0.377. The van der Waals surface area contributed by atoms with Gasteiger partial charge in [-0.2, -0.15) is 0 Å². The predicted molar refractivity (Wildman–Crippen MR) is 59.8 cm³/mol. The quantitative estimate of drug-likeness (QED) is 0.576. The Labute approximate surface area is 91.5 Å². The summed E-state index contributed by atoms with van der Waals surface area (Å²) >= 11 is 0. The molecule has 1 unspecified atom stereocenters. The predicted octanol–water partition coefficient (Wildman–Crippen LogP) is -0.179. The number of nitrogens with two attached hydrogens (primary N) is 1. The number of rotatable bonds is 3. The highest BCUT2D eigenvalue weighted by Crippen LogP contribution is 2.15. The van der Waals surface area contributed by atoms with E-state index < -0.39 is 11.9 Å². The molecule has 1 aromatic carbocycles. The number of imidazole rings is 1. The standard InChI is InChI=1S/C10H12N4O2/c11-7(4-15)10(16)14-6-1-2-8-9(3-6)13-5-12-8/h1-3,5,7,15H,4,11H2,(H,12,13)(H,14,16). The summed E-state index contributed by atoms with van der Waals surface area (Å²) in [6.07, 6.45) is 1.58. The van der Waals surface area contributed by atoms with E-state index >= 15 is 0 Å². The van der Waals surface area contributed by atoms with Crippen molar-refractivity contribution in [1.29, 1.82) is 0 Å². The van der Waals surface area contributed by atoms with Gasteiger partial charge in [-0.15, -0.1) is 0 Å². The van der Waals surface area contributed by atoms with Crippen molar-refractivity contribution >= 4 is 22.6 Å². The molecule has 1 amide bonds. The first-order chi connectivity index (χ1) is 7.70. The van der Waals surface area contributed by atoms with Crippen LogP contribution in [0.15, 0.2) is 24.5 Å². The number of aliphatic hydroxyl groups excluding tert-OH is 1. The van der Waals surface area contributed by atoms with Crippen LogP contribution in [0.25, 0.3) is 11.0 Å². The lowest BCUT2D eigenvalue weighted by molar-refractivity contribution is -0.118. The van der Waals surface area contributed by atoms with Crippen molar-refractivity contribution in [2.24, 2.45) is 5.73 Å². The molecule has 6 nitrogen and oxygen atoms in total. The Balaban J connectivity index is 2.17. The average Bonchev–Trinajstić information content (AvgIpc) is 2.75. The van der Waals surface area contributed by atoms with Crippen LogP contribution in [0.3, 0.4) is 0 Å². The molecule has 1 heterocycles. The fraction of sp³-hybridized carbons (Fsp3) is 0.200. The van der Waals surface area contributed by atoms with Gasteiger partial charge in [0.25, 0.3) is 0 Å². The van der Waals surface area contributed by atoms with Crippen molar-refractivity contribution in [1.82, 2.24) is 9.97 Å². The van der Waals surface area contributed by atoms with Gasteiger partial charge in [-0.1, -0.05) is 0 Å². The maximum atomic E-state index is 11.4. The van der Waals surface area contributed by atoms with E-state index in [0.717, 1.165) is 11.0 Å². The molecule has 0 aliphatic carbocycles. The van der Waals surface area contributed by atoms with Gasteiger partial charge < -0.3 is 21.1 Å². The number of nitrogens with one attached hydrogen (secondary N) is 2. The van der Waals surface area contributed by atoms with Crippen molar-refractivity contribution in [3.05, 3.63) is 24.5 Å². The number of nitrogens with zero attached hydrogens (tertiary/aromatic N) is 1. The maximum Gasteiger partial charge on any atom is 0.243 e. The molecule has 0 aliphatic heterocycles. The zero-order valence-electron chi connectivity index (χ0n) is 8.47. The van der Waals surface area contributed by atoms with E-state index in [0.29, 0.717) is 5.69 Å². The summed E-state index contributed by atoms with van der Waals surface area (Å²) < 4.78 is 0. The minimum absolute atomic E-state index is 0.377. The smallest absolute Gasteiger partial charge is 0.243 e. The van der Waals surface area contributed by atoms with Gasteiger partial charge in [0.05, 0.1) is 24.0 Å². The largest absolute Gasteiger partial charge is 0.394 e. The molecule has 2 aromatic rings. The number of amides is 1. The molecular formula is C10H12N4O2. The number of aliphatic hydroxyl groups is 1. The van der Waals surface area contributed by atoms with Crippen LogP contribution < -0.4 is 11.1 Å². The zero-order valence-corrected chi connectivity index (χ0v) is 8.47. The molecule has 2 rings (SSSR count). The third-order valence-electron chi connectivity index (χ3n) is 2.22. The van der Waals surface area contributed by atoms with Gasteiger partial charge in [0, 0.05) is 5.69 Å². The van der Waals surface area contributed by atoms with Gasteiger partial charge in [0.2, 0.25) is 5.91 Å². The number of fused-ring (bicyclic) bond motifs is 1. The normalized spacial score (nSPS) is 12.6. The Morgan fingerprint density at radius 3 is 3.19 bits per heavy atom. The molecule has 0 aliphatic rings. The zero-order chi connectivity index (χ0) is 11.5. The van der Waals surface area contributed by atoms with Crippen LogP contribution in [0, 0.1) is 0 Å². The van der Waals surface area contributed by atoms with Gasteiger partial charge >= 0.3 is 0 Å². The molecule has 0 saturated carbocycles. The number of aromatic amines is 1. The number of hydrogen-bond acceptors (Lipinski definition) is 4. The second kappa shape index (κ2) is 4.30. The first-order valence-electron chi connectivity index (χ1n) is 4.81. The summed E-state index contributed by atoms with van der Waals surface area (Å²) in [6, 6.07) is 4.36. The van der Waals surface area contributed by atoms with Gasteiger partial charge in [-0.05, 0) is 18.2 Å². The molecule has 1 aromatic heterocycles. The third kappa shape index (κ3) is 2.02. The summed E-state index contributed by atoms with van der Waals surface area (Å²) in [4.78, 5) is 18.4. The molecule has 6 heteroatoms. The van der Waals surface area contributed by atoms with Crippen LogP contribution in [-0.2, 0) is 4.79 Å². The van der Waals surface area contributed by atoms with Crippen LogP contribution in [0.4, 0.5) is 5.69 Å². The molecule has 0 saturated heterocycles. The summed E-state index contributed by atoms with van der Waals surface area (Å²) in [5.41, 5.74) is 7.64. The van der Waals surface area contributed by atoms with E-state index in [2.05, 4.69) is 15.3 Å². The van der Waals surface area contributed by atoms with Crippen LogP contribution in [0.1, 0.15) is 0 Å². The van der Waals surface area contributed by atoms with Crippen molar-refractivity contribution in [2.45, 2.75) is 6.04 Å². The van der Waals surface area contributed by atoms with E-state index in [-0.39, 0.29) is 6.61 Å². The Hall–Kier alpha value is -1.92. The molecule has 5 N–H and O–H groups in total. The second-order valence-electron chi connectivity index (χ2n) is 3.41. The van der Waals surface area contributed by atoms with Gasteiger partial charge in [0.1, 0.15) is 6.04 Å². The van der Waals surface area contributed by atoms with Crippen molar-refractivity contribution in [2.75, 3.05) is 11.9 Å². The third-order valence-corrected chi connectivity index (χ3v) is 2.22. The summed E-state index contributed by atoms with van der Waals surface area (Å²) in [5, 5.41) is 11.3. The molecule has 84 valence electrons. The fourth-order valence-corrected chi connectivity index (χ4v) is 1.33. The summed E-state index contributed by atoms with van der Waals surface area (Å²) in [7, 11) is 0. The maximum absolute atomic E-state index is 11.4. The second-order valence-corrected chi connectivity index (χ2v) is 3.41. The monoisotopic (exact) mass is 220 g/mol. The van der Waals surface area contributed by atoms with E-state index in [1.807, 2.05) is 0 Å². The Kier molecular flexibility index (Phi) is 2.84. The minimum Gasteiger partial charge on any atom is -0.394 e. The highest BCUT2D eigenvalue weighted by molar-refractivity contribution is 5.96. The number of H-pyrrole nitrogens is 1. The Bertz CT molecular complexity index is 508. The molecule has 0 spiro atoms. The van der Waals surface area contributed by atoms with E-state index in [1.54, 1.807) is 24.5 Å². The molecule has 16 heavy (non-hydrogen) atoms. The molecule has 1 atom stereocenters. The van der Waals surface area contributed by atoms with E-state index in [9.17, 15) is 4.79 Å². The number of carbonyl (C=O) groups is 1.